The molecule has 0 unspecified atom stereocenters. The first-order chi connectivity index (χ1) is 16.2. The average Bonchev–Trinajstić information content (AvgIpc) is 3.27. The molecular formula is C22H32N8O3S. The number of nitrogens with two attached hydrogens (primary N) is 1. The Hall–Kier alpha value is -3.28. The molecule has 4 N–H and O–H groups in total. The fourth-order valence-corrected chi connectivity index (χ4v) is 4.56. The van der Waals surface area contributed by atoms with Crippen LogP contribution in [0.4, 0.5) is 11.8 Å². The second-order valence-electron chi connectivity index (χ2n) is 8.37. The van der Waals surface area contributed by atoms with E-state index in [-0.39, 0.29) is 17.7 Å². The minimum atomic E-state index is -3.07. The standard InChI is InChI=1S/C22H32N8O3S/c1-5-6-17(9-10-34(4,31)32)25-21-18(14(2)24-22(23)26-21)13-16-11-15(7-8-19(16)33-3)12-20-27-29-30-28-20/h7-8,11,17H,5-6,9-10,12-13H2,1-4H3,(H3,23,24,25,26)(H,27,28,29,30)/t17-/m0/s1. The number of nitrogen functional groups attached to an aromatic ring is 1. The van der Waals surface area contributed by atoms with E-state index in [4.69, 9.17) is 10.5 Å². The highest BCUT2D eigenvalue weighted by atomic mass is 32.2. The zero-order valence-electron chi connectivity index (χ0n) is 20.0. The summed E-state index contributed by atoms with van der Waals surface area (Å²) in [5.74, 6) is 2.22. The first-order valence-corrected chi connectivity index (χ1v) is 13.2. The van der Waals surface area contributed by atoms with Crippen LogP contribution in [0.3, 0.4) is 0 Å². The molecule has 0 aliphatic heterocycles. The van der Waals surface area contributed by atoms with Crippen LogP contribution < -0.4 is 15.8 Å². The lowest BCUT2D eigenvalue weighted by atomic mass is 9.99. The Balaban J connectivity index is 1.92. The summed E-state index contributed by atoms with van der Waals surface area (Å²) in [5.41, 5.74) is 9.56. The average molecular weight is 489 g/mol. The van der Waals surface area contributed by atoms with Gasteiger partial charge in [-0.05, 0) is 37.0 Å². The van der Waals surface area contributed by atoms with E-state index in [1.165, 1.54) is 6.26 Å². The van der Waals surface area contributed by atoms with Crippen molar-refractivity contribution in [3.05, 3.63) is 46.4 Å². The van der Waals surface area contributed by atoms with Crippen molar-refractivity contribution in [3.8, 4) is 5.75 Å². The van der Waals surface area contributed by atoms with E-state index in [1.54, 1.807) is 7.11 Å². The molecule has 0 bridgehead atoms. The second kappa shape index (κ2) is 11.2. The molecule has 0 aliphatic rings. The van der Waals surface area contributed by atoms with Crippen molar-refractivity contribution in [1.29, 1.82) is 0 Å². The van der Waals surface area contributed by atoms with E-state index in [0.717, 1.165) is 41.0 Å². The molecule has 1 atom stereocenters. The molecule has 3 rings (SSSR count). The van der Waals surface area contributed by atoms with Gasteiger partial charge < -0.3 is 15.8 Å². The van der Waals surface area contributed by atoms with E-state index < -0.39 is 9.84 Å². The molecule has 12 heteroatoms. The number of benzene rings is 1. The van der Waals surface area contributed by atoms with Gasteiger partial charge in [0.1, 0.15) is 21.4 Å². The number of nitrogens with one attached hydrogen (secondary N) is 2. The Kier molecular flexibility index (Phi) is 8.37. The normalized spacial score (nSPS) is 12.5. The lowest BCUT2D eigenvalue weighted by molar-refractivity contribution is 0.410. The maximum absolute atomic E-state index is 11.7. The minimum absolute atomic E-state index is 0.0568. The molecule has 1 aromatic carbocycles. The maximum Gasteiger partial charge on any atom is 0.222 e. The van der Waals surface area contributed by atoms with Gasteiger partial charge in [-0.15, -0.1) is 10.2 Å². The number of nitrogens with zero attached hydrogens (tertiary/aromatic N) is 5. The summed E-state index contributed by atoms with van der Waals surface area (Å²) < 4.78 is 29.1. The molecule has 11 nitrogen and oxygen atoms in total. The van der Waals surface area contributed by atoms with Gasteiger partial charge >= 0.3 is 0 Å². The SMILES string of the molecule is CCC[C@@H](CCS(C)(=O)=O)Nc1nc(N)nc(C)c1Cc1cc(Cc2nn[nH]n2)ccc1OC. The molecule has 0 aliphatic carbocycles. The molecule has 0 fully saturated rings. The Morgan fingerprint density at radius 3 is 2.65 bits per heavy atom. The van der Waals surface area contributed by atoms with Gasteiger partial charge in [-0.2, -0.15) is 10.2 Å². The minimum Gasteiger partial charge on any atom is -0.496 e. The van der Waals surface area contributed by atoms with Crippen LogP contribution in [0.15, 0.2) is 18.2 Å². The van der Waals surface area contributed by atoms with Crippen molar-refractivity contribution in [1.82, 2.24) is 30.6 Å². The summed E-state index contributed by atoms with van der Waals surface area (Å²) in [6.45, 7) is 3.95. The quantitative estimate of drug-likeness (QED) is 0.344. The van der Waals surface area contributed by atoms with Crippen molar-refractivity contribution < 1.29 is 13.2 Å². The number of hydrogen-bond donors (Lipinski definition) is 3. The highest BCUT2D eigenvalue weighted by Crippen LogP contribution is 2.29. The van der Waals surface area contributed by atoms with Crippen LogP contribution in [0, 0.1) is 6.92 Å². The number of H-pyrrole nitrogens is 1. The second-order valence-corrected chi connectivity index (χ2v) is 10.6. The number of hydrogen-bond acceptors (Lipinski definition) is 10. The summed E-state index contributed by atoms with van der Waals surface area (Å²) in [5, 5.41) is 17.6. The molecule has 2 heterocycles. The van der Waals surface area contributed by atoms with Gasteiger partial charge in [-0.1, -0.05) is 30.7 Å². The molecule has 2 aromatic heterocycles. The fraction of sp³-hybridized carbons (Fsp3) is 0.500. The number of rotatable bonds is 12. The van der Waals surface area contributed by atoms with Gasteiger partial charge in [0.2, 0.25) is 5.95 Å². The Labute approximate surface area is 199 Å². The van der Waals surface area contributed by atoms with E-state index in [0.29, 0.717) is 30.9 Å². The molecular weight excluding hydrogens is 456 g/mol. The number of aromatic amines is 1. The summed E-state index contributed by atoms with van der Waals surface area (Å²) >= 11 is 0. The molecule has 0 spiro atoms. The van der Waals surface area contributed by atoms with Crippen molar-refractivity contribution in [2.45, 2.75) is 52.0 Å². The molecule has 0 saturated heterocycles. The van der Waals surface area contributed by atoms with E-state index >= 15 is 0 Å². The molecule has 3 aromatic rings. The van der Waals surface area contributed by atoms with Gasteiger partial charge in [0.05, 0.1) is 12.9 Å². The van der Waals surface area contributed by atoms with Crippen LogP contribution in [-0.4, -0.2) is 64.2 Å². The molecule has 34 heavy (non-hydrogen) atoms. The monoisotopic (exact) mass is 488 g/mol. The van der Waals surface area contributed by atoms with Gasteiger partial charge in [-0.3, -0.25) is 0 Å². The number of aryl methyl sites for hydroxylation is 1. The third-order valence-electron chi connectivity index (χ3n) is 5.51. The summed E-state index contributed by atoms with van der Waals surface area (Å²) in [7, 11) is -1.44. The van der Waals surface area contributed by atoms with Gasteiger partial charge in [0.25, 0.3) is 0 Å². The Morgan fingerprint density at radius 2 is 2.00 bits per heavy atom. The smallest absolute Gasteiger partial charge is 0.222 e. The number of tetrazole rings is 1. The van der Waals surface area contributed by atoms with Crippen molar-refractivity contribution >= 4 is 21.6 Å². The van der Waals surface area contributed by atoms with E-state index in [2.05, 4.69) is 42.8 Å². The van der Waals surface area contributed by atoms with Gasteiger partial charge in [0.15, 0.2) is 5.82 Å². The first kappa shape index (κ1) is 25.3. The maximum atomic E-state index is 11.7. The van der Waals surface area contributed by atoms with E-state index in [9.17, 15) is 8.42 Å². The lowest BCUT2D eigenvalue weighted by Gasteiger charge is -2.22. The first-order valence-electron chi connectivity index (χ1n) is 11.1. The van der Waals surface area contributed by atoms with Crippen molar-refractivity contribution in [3.63, 3.8) is 0 Å². The van der Waals surface area contributed by atoms with Gasteiger partial charge in [-0.25, -0.2) is 13.4 Å². The zero-order chi connectivity index (χ0) is 24.7. The lowest BCUT2D eigenvalue weighted by Crippen LogP contribution is -2.25. The topological polar surface area (TPSA) is 162 Å². The molecule has 0 radical (unpaired) electrons. The van der Waals surface area contributed by atoms with Crippen molar-refractivity contribution in [2.75, 3.05) is 30.2 Å². The highest BCUT2D eigenvalue weighted by Gasteiger charge is 2.19. The third kappa shape index (κ3) is 7.11. The zero-order valence-corrected chi connectivity index (χ0v) is 20.8. The number of sulfone groups is 1. The largest absolute Gasteiger partial charge is 0.496 e. The summed E-state index contributed by atoms with van der Waals surface area (Å²) in [6.07, 6.45) is 4.48. The van der Waals surface area contributed by atoms with Crippen LogP contribution >= 0.6 is 0 Å². The highest BCUT2D eigenvalue weighted by molar-refractivity contribution is 7.90. The Morgan fingerprint density at radius 1 is 1.21 bits per heavy atom. The van der Waals surface area contributed by atoms with Crippen LogP contribution in [0.25, 0.3) is 0 Å². The summed E-state index contributed by atoms with van der Waals surface area (Å²) in [6, 6.07) is 5.87. The number of aromatic nitrogens is 6. The van der Waals surface area contributed by atoms with Crippen LogP contribution in [0.1, 0.15) is 54.4 Å². The number of methoxy groups -OCH3 is 1. The molecule has 184 valence electrons. The van der Waals surface area contributed by atoms with Crippen LogP contribution in [-0.2, 0) is 22.7 Å². The fourth-order valence-electron chi connectivity index (χ4n) is 3.85. The number of anilines is 2. The van der Waals surface area contributed by atoms with Crippen LogP contribution in [0.5, 0.6) is 5.75 Å². The third-order valence-corrected chi connectivity index (χ3v) is 6.49. The summed E-state index contributed by atoms with van der Waals surface area (Å²) in [4.78, 5) is 8.83. The number of ether oxygens (including phenoxy) is 1. The van der Waals surface area contributed by atoms with Gasteiger partial charge in [0, 0.05) is 36.4 Å². The predicted molar refractivity (Wildman–Crippen MR) is 131 cm³/mol. The van der Waals surface area contributed by atoms with Crippen molar-refractivity contribution in [2.24, 2.45) is 0 Å². The van der Waals surface area contributed by atoms with E-state index in [1.807, 2.05) is 25.1 Å². The predicted octanol–water partition coefficient (Wildman–Crippen LogP) is 2.09. The molecule has 0 amide bonds. The van der Waals surface area contributed by atoms with Crippen LogP contribution in [0.2, 0.25) is 0 Å². The molecule has 0 saturated carbocycles. The Bertz CT molecular complexity index is 1200.